The zero-order chi connectivity index (χ0) is 38.3. The minimum atomic E-state index is -0.186. The molecule has 2 nitrogen and oxygen atoms in total. The van der Waals surface area contributed by atoms with Crippen molar-refractivity contribution < 1.29 is 0 Å². The van der Waals surface area contributed by atoms with Crippen molar-refractivity contribution in [3.8, 4) is 39.2 Å². The predicted octanol–water partition coefficient (Wildman–Crippen LogP) is 14.9. The van der Waals surface area contributed by atoms with Gasteiger partial charge in [0.1, 0.15) is 0 Å². The van der Waals surface area contributed by atoms with Crippen LogP contribution in [0, 0.1) is 0 Å². The van der Waals surface area contributed by atoms with Gasteiger partial charge in [-0.1, -0.05) is 172 Å². The Morgan fingerprint density at radius 3 is 1.54 bits per heavy atom. The summed E-state index contributed by atoms with van der Waals surface area (Å²) in [6, 6.07) is 74.5. The number of benzene rings is 8. The first kappa shape index (κ1) is 34.3. The van der Waals surface area contributed by atoms with Crippen molar-refractivity contribution in [2.24, 2.45) is 0 Å². The number of hydrogen-bond acceptors (Lipinski definition) is 1. The lowest BCUT2D eigenvalue weighted by molar-refractivity contribution is 0.661. The molecular formula is C55H42N2. The van der Waals surface area contributed by atoms with E-state index in [-0.39, 0.29) is 5.41 Å². The largest absolute Gasteiger partial charge is 0.311 e. The van der Waals surface area contributed by atoms with Gasteiger partial charge in [0.25, 0.3) is 0 Å². The number of rotatable bonds is 8. The standard InChI is InChI=1S/C55H42N2/c1-55(2)50-36-40(29-28-39-30-33-46(34-31-39)56(43-22-12-5-13-23-43)44-24-14-6-15-25-44)32-35-47(50)48-37-49-52(38-51(48)55)57(45-26-16-7-17-27-45)54(42-20-10-4-11-21-42)53(49)41-18-8-3-9-19-41/h3-38H,1-2H3. The first-order chi connectivity index (χ1) is 28.0. The van der Waals surface area contributed by atoms with Crippen LogP contribution in [0.1, 0.15) is 36.1 Å². The van der Waals surface area contributed by atoms with E-state index in [2.05, 4.69) is 242 Å². The molecule has 9 aromatic rings. The third kappa shape index (κ3) is 6.07. The number of para-hydroxylation sites is 3. The maximum absolute atomic E-state index is 2.48. The van der Waals surface area contributed by atoms with E-state index in [0.29, 0.717) is 0 Å². The van der Waals surface area contributed by atoms with Gasteiger partial charge >= 0.3 is 0 Å². The van der Waals surface area contributed by atoms with Crippen LogP contribution < -0.4 is 4.90 Å². The number of fused-ring (bicyclic) bond motifs is 4. The summed E-state index contributed by atoms with van der Waals surface area (Å²) in [6.45, 7) is 4.76. The molecule has 1 aliphatic carbocycles. The number of anilines is 3. The molecule has 10 rings (SSSR count). The van der Waals surface area contributed by atoms with Gasteiger partial charge in [-0.05, 0) is 105 Å². The van der Waals surface area contributed by atoms with Crippen molar-refractivity contribution in [2.75, 3.05) is 4.90 Å². The maximum Gasteiger partial charge on any atom is 0.0619 e. The van der Waals surface area contributed by atoms with Crippen LogP contribution in [0.4, 0.5) is 17.1 Å². The van der Waals surface area contributed by atoms with Crippen LogP contribution in [0.3, 0.4) is 0 Å². The van der Waals surface area contributed by atoms with E-state index in [1.165, 1.54) is 61.1 Å². The van der Waals surface area contributed by atoms with Crippen molar-refractivity contribution in [1.82, 2.24) is 4.57 Å². The summed E-state index contributed by atoms with van der Waals surface area (Å²) in [7, 11) is 0. The molecule has 0 N–H and O–H groups in total. The maximum atomic E-state index is 2.48. The van der Waals surface area contributed by atoms with Gasteiger partial charge in [0.2, 0.25) is 0 Å². The number of hydrogen-bond donors (Lipinski definition) is 0. The van der Waals surface area contributed by atoms with Gasteiger partial charge in [-0.2, -0.15) is 0 Å². The van der Waals surface area contributed by atoms with Crippen LogP contribution in [0.25, 0.3) is 62.3 Å². The summed E-state index contributed by atoms with van der Waals surface area (Å²) in [5.41, 5.74) is 18.2. The van der Waals surface area contributed by atoms with Crippen LogP contribution >= 0.6 is 0 Å². The second kappa shape index (κ2) is 14.2. The Bertz CT molecular complexity index is 2830. The Kier molecular flexibility index (Phi) is 8.53. The molecule has 0 saturated carbocycles. The fraction of sp³-hybridized carbons (Fsp3) is 0.0545. The van der Waals surface area contributed by atoms with Crippen LogP contribution in [0.2, 0.25) is 0 Å². The summed E-state index contributed by atoms with van der Waals surface area (Å²) >= 11 is 0. The second-order valence-corrected chi connectivity index (χ2v) is 15.4. The van der Waals surface area contributed by atoms with E-state index in [0.717, 1.165) is 28.3 Å². The monoisotopic (exact) mass is 730 g/mol. The third-order valence-corrected chi connectivity index (χ3v) is 11.6. The molecule has 0 radical (unpaired) electrons. The van der Waals surface area contributed by atoms with Crippen LogP contribution in [-0.4, -0.2) is 4.57 Å². The van der Waals surface area contributed by atoms with Crippen molar-refractivity contribution in [3.63, 3.8) is 0 Å². The Labute approximate surface area is 335 Å². The molecule has 0 bridgehead atoms. The minimum absolute atomic E-state index is 0.186. The molecule has 0 atom stereocenters. The summed E-state index contributed by atoms with van der Waals surface area (Å²) in [6.07, 6.45) is 4.48. The van der Waals surface area contributed by atoms with Crippen LogP contribution in [-0.2, 0) is 5.41 Å². The molecule has 0 fully saturated rings. The van der Waals surface area contributed by atoms with Crippen molar-refractivity contribution >= 4 is 40.1 Å². The molecule has 8 aromatic carbocycles. The third-order valence-electron chi connectivity index (χ3n) is 11.6. The number of nitrogens with zero attached hydrogens (tertiary/aromatic N) is 2. The highest BCUT2D eigenvalue weighted by Crippen LogP contribution is 2.53. The SMILES string of the molecule is CC1(C)c2cc(C=Cc3ccc(N(c4ccccc4)c4ccccc4)cc3)ccc2-c2cc3c(-c4ccccc4)c(-c4ccccc4)n(-c4ccccc4)c3cc21. The zero-order valence-electron chi connectivity index (χ0n) is 32.2. The first-order valence-electron chi connectivity index (χ1n) is 19.8. The van der Waals surface area contributed by atoms with E-state index < -0.39 is 0 Å². The van der Waals surface area contributed by atoms with E-state index in [9.17, 15) is 0 Å². The normalized spacial score (nSPS) is 12.8. The molecule has 1 aliphatic rings. The average Bonchev–Trinajstić information content (AvgIpc) is 3.72. The minimum Gasteiger partial charge on any atom is -0.311 e. The highest BCUT2D eigenvalue weighted by atomic mass is 15.1. The smallest absolute Gasteiger partial charge is 0.0619 e. The predicted molar refractivity (Wildman–Crippen MR) is 242 cm³/mol. The summed E-state index contributed by atoms with van der Waals surface area (Å²) in [5, 5.41) is 1.26. The summed E-state index contributed by atoms with van der Waals surface area (Å²) < 4.78 is 2.48. The lowest BCUT2D eigenvalue weighted by atomic mass is 9.81. The highest BCUT2D eigenvalue weighted by molar-refractivity contribution is 6.08. The van der Waals surface area contributed by atoms with Gasteiger partial charge < -0.3 is 9.47 Å². The highest BCUT2D eigenvalue weighted by Gasteiger charge is 2.37. The van der Waals surface area contributed by atoms with Crippen molar-refractivity contribution in [3.05, 3.63) is 229 Å². The average molecular weight is 731 g/mol. The van der Waals surface area contributed by atoms with E-state index >= 15 is 0 Å². The topological polar surface area (TPSA) is 8.17 Å². The van der Waals surface area contributed by atoms with E-state index in [1.807, 2.05) is 0 Å². The lowest BCUT2D eigenvalue weighted by Crippen LogP contribution is -2.15. The molecule has 0 saturated heterocycles. The Morgan fingerprint density at radius 2 is 0.930 bits per heavy atom. The summed E-state index contributed by atoms with van der Waals surface area (Å²) in [5.74, 6) is 0. The quantitative estimate of drug-likeness (QED) is 0.141. The lowest BCUT2D eigenvalue weighted by Gasteiger charge is -2.25. The van der Waals surface area contributed by atoms with Crippen LogP contribution in [0.5, 0.6) is 0 Å². The van der Waals surface area contributed by atoms with Gasteiger partial charge in [-0.15, -0.1) is 0 Å². The molecule has 57 heavy (non-hydrogen) atoms. The van der Waals surface area contributed by atoms with E-state index in [1.54, 1.807) is 0 Å². The molecule has 272 valence electrons. The van der Waals surface area contributed by atoms with Crippen molar-refractivity contribution in [1.29, 1.82) is 0 Å². The molecule has 1 aromatic heterocycles. The van der Waals surface area contributed by atoms with Crippen molar-refractivity contribution in [2.45, 2.75) is 19.3 Å². The fourth-order valence-corrected chi connectivity index (χ4v) is 8.78. The molecule has 1 heterocycles. The van der Waals surface area contributed by atoms with Gasteiger partial charge in [0, 0.05) is 39.1 Å². The molecule has 0 amide bonds. The van der Waals surface area contributed by atoms with Gasteiger partial charge in [0.05, 0.1) is 11.2 Å². The summed E-state index contributed by atoms with van der Waals surface area (Å²) in [4.78, 5) is 2.30. The molecule has 0 spiro atoms. The number of aromatic nitrogens is 1. The van der Waals surface area contributed by atoms with Gasteiger partial charge in [0.15, 0.2) is 0 Å². The Balaban J connectivity index is 1.05. The molecule has 0 aliphatic heterocycles. The second-order valence-electron chi connectivity index (χ2n) is 15.4. The Morgan fingerprint density at radius 1 is 0.439 bits per heavy atom. The first-order valence-corrected chi connectivity index (χ1v) is 19.8. The van der Waals surface area contributed by atoms with E-state index in [4.69, 9.17) is 0 Å². The van der Waals surface area contributed by atoms with Gasteiger partial charge in [-0.25, -0.2) is 0 Å². The molecular weight excluding hydrogens is 689 g/mol. The molecule has 0 unspecified atom stereocenters. The zero-order valence-corrected chi connectivity index (χ0v) is 32.2. The fourth-order valence-electron chi connectivity index (χ4n) is 8.78. The van der Waals surface area contributed by atoms with Crippen LogP contribution in [0.15, 0.2) is 206 Å². The van der Waals surface area contributed by atoms with Gasteiger partial charge in [-0.3, -0.25) is 0 Å². The molecule has 2 heteroatoms. The Hall–Kier alpha value is -7.16.